The summed E-state index contributed by atoms with van der Waals surface area (Å²) in [6.45, 7) is 0. The highest BCUT2D eigenvalue weighted by molar-refractivity contribution is 5.53. The Morgan fingerprint density at radius 1 is 0.517 bits per heavy atom. The lowest BCUT2D eigenvalue weighted by Crippen LogP contribution is -2.40. The Morgan fingerprint density at radius 2 is 0.931 bits per heavy atom. The van der Waals surface area contributed by atoms with E-state index < -0.39 is 0 Å². The quantitative estimate of drug-likeness (QED) is 0.527. The van der Waals surface area contributed by atoms with E-state index in [2.05, 4.69) is 97.1 Å². The maximum absolute atomic E-state index is 10.4. The number of nitrogens with zero attached hydrogens (tertiary/aromatic N) is 1. The van der Waals surface area contributed by atoms with Crippen molar-refractivity contribution in [3.05, 3.63) is 108 Å². The standard InChI is InChI=1S/C28H25N/c29-21-25-16-26(22-10-4-1-5-11-22)19-27(17-25,23-12-6-2-7-13-23)28(18-25,20-26)24-14-8-3-9-15-24/h1-15H,16-20H2. The van der Waals surface area contributed by atoms with E-state index in [9.17, 15) is 5.26 Å². The van der Waals surface area contributed by atoms with Crippen molar-refractivity contribution in [2.45, 2.75) is 48.3 Å². The molecule has 0 spiro atoms. The Balaban J connectivity index is 1.66. The van der Waals surface area contributed by atoms with E-state index >= 15 is 0 Å². The van der Waals surface area contributed by atoms with Crippen LogP contribution in [-0.4, -0.2) is 0 Å². The molecule has 4 saturated carbocycles. The average Bonchev–Trinajstić information content (AvgIpc) is 3.14. The van der Waals surface area contributed by atoms with Gasteiger partial charge in [0.15, 0.2) is 0 Å². The SMILES string of the molecule is N#CC12CC3(c4ccccc4)CC(c4ccccc4)(C1)C(c1ccccc1)(C2)C3. The monoisotopic (exact) mass is 375 g/mol. The number of hydrogen-bond acceptors (Lipinski definition) is 1. The van der Waals surface area contributed by atoms with E-state index in [4.69, 9.17) is 0 Å². The zero-order valence-corrected chi connectivity index (χ0v) is 16.6. The lowest BCUT2D eigenvalue weighted by molar-refractivity contribution is 0.158. The summed E-state index contributed by atoms with van der Waals surface area (Å²) in [7, 11) is 0. The van der Waals surface area contributed by atoms with Crippen LogP contribution in [-0.2, 0) is 16.2 Å². The van der Waals surface area contributed by atoms with E-state index in [0.29, 0.717) is 0 Å². The summed E-state index contributed by atoms with van der Waals surface area (Å²) in [6.07, 6.45) is 5.27. The second kappa shape index (κ2) is 5.61. The molecular formula is C28H25N. The van der Waals surface area contributed by atoms with Gasteiger partial charge in [0.1, 0.15) is 0 Å². The van der Waals surface area contributed by atoms with Gasteiger partial charge >= 0.3 is 0 Å². The van der Waals surface area contributed by atoms with Crippen LogP contribution in [0.1, 0.15) is 48.8 Å². The first-order valence-corrected chi connectivity index (χ1v) is 10.7. The van der Waals surface area contributed by atoms with Gasteiger partial charge in [-0.05, 0) is 54.2 Å². The molecule has 142 valence electrons. The van der Waals surface area contributed by atoms with Crippen LogP contribution in [0.15, 0.2) is 91.0 Å². The minimum Gasteiger partial charge on any atom is -0.198 e. The molecule has 0 amide bonds. The molecule has 0 N–H and O–H groups in total. The largest absolute Gasteiger partial charge is 0.198 e. The van der Waals surface area contributed by atoms with Crippen molar-refractivity contribution in [3.8, 4) is 6.07 Å². The Morgan fingerprint density at radius 3 is 1.34 bits per heavy atom. The lowest BCUT2D eigenvalue weighted by atomic mass is 9.57. The van der Waals surface area contributed by atoms with Crippen LogP contribution < -0.4 is 0 Å². The number of rotatable bonds is 3. The second-order valence-corrected chi connectivity index (χ2v) is 9.82. The van der Waals surface area contributed by atoms with E-state index in [1.165, 1.54) is 16.7 Å². The van der Waals surface area contributed by atoms with Crippen molar-refractivity contribution >= 4 is 0 Å². The highest BCUT2D eigenvalue weighted by Gasteiger charge is 2.77. The summed E-state index contributed by atoms with van der Waals surface area (Å²) in [4.78, 5) is 0. The number of hydrogen-bond donors (Lipinski definition) is 0. The van der Waals surface area contributed by atoms with Crippen LogP contribution in [0.5, 0.6) is 0 Å². The van der Waals surface area contributed by atoms with Gasteiger partial charge in [-0.2, -0.15) is 5.26 Å². The van der Waals surface area contributed by atoms with Crippen molar-refractivity contribution in [3.63, 3.8) is 0 Å². The molecule has 2 atom stereocenters. The molecule has 0 radical (unpaired) electrons. The minimum absolute atomic E-state index is 0.0272. The summed E-state index contributed by atoms with van der Waals surface area (Å²) >= 11 is 0. The second-order valence-electron chi connectivity index (χ2n) is 9.82. The van der Waals surface area contributed by atoms with Gasteiger partial charge in [-0.1, -0.05) is 91.0 Å². The molecule has 4 aliphatic rings. The molecule has 4 fully saturated rings. The van der Waals surface area contributed by atoms with Crippen LogP contribution in [0.4, 0.5) is 0 Å². The van der Waals surface area contributed by atoms with Gasteiger partial charge in [-0.15, -0.1) is 0 Å². The molecule has 0 saturated heterocycles. The van der Waals surface area contributed by atoms with Crippen molar-refractivity contribution in [1.29, 1.82) is 5.26 Å². The fraction of sp³-hybridized carbons (Fsp3) is 0.321. The molecule has 0 heterocycles. The normalized spacial score (nSPS) is 36.8. The average molecular weight is 376 g/mol. The van der Waals surface area contributed by atoms with Gasteiger partial charge in [-0.25, -0.2) is 0 Å². The van der Waals surface area contributed by atoms with E-state index in [1.54, 1.807) is 0 Å². The first-order chi connectivity index (χ1) is 14.2. The van der Waals surface area contributed by atoms with Crippen LogP contribution >= 0.6 is 0 Å². The third-order valence-corrected chi connectivity index (χ3v) is 8.43. The Kier molecular flexibility index (Phi) is 3.30. The molecule has 3 aromatic rings. The molecule has 1 heteroatoms. The Bertz CT molecular complexity index is 1040. The lowest BCUT2D eigenvalue weighted by Gasteiger charge is -2.45. The third-order valence-electron chi connectivity index (χ3n) is 8.43. The van der Waals surface area contributed by atoms with Gasteiger partial charge in [0.2, 0.25) is 0 Å². The van der Waals surface area contributed by atoms with Crippen LogP contribution in [0.3, 0.4) is 0 Å². The molecule has 3 aromatic carbocycles. The molecule has 29 heavy (non-hydrogen) atoms. The summed E-state index contributed by atoms with van der Waals surface area (Å²) < 4.78 is 0. The maximum Gasteiger partial charge on any atom is 0.0690 e. The predicted octanol–water partition coefficient (Wildman–Crippen LogP) is 6.30. The third kappa shape index (κ3) is 2.05. The van der Waals surface area contributed by atoms with Crippen molar-refractivity contribution in [1.82, 2.24) is 0 Å². The summed E-state index contributed by atoms with van der Waals surface area (Å²) in [5.41, 5.74) is 4.19. The summed E-state index contributed by atoms with van der Waals surface area (Å²) in [5, 5.41) is 10.4. The number of benzene rings is 3. The Hall–Kier alpha value is -2.85. The van der Waals surface area contributed by atoms with Gasteiger partial charge in [0.25, 0.3) is 0 Å². The van der Waals surface area contributed by atoms with Gasteiger partial charge < -0.3 is 0 Å². The van der Waals surface area contributed by atoms with Gasteiger partial charge in [-0.3, -0.25) is 0 Å². The minimum atomic E-state index is -0.238. The van der Waals surface area contributed by atoms with Crippen LogP contribution in [0, 0.1) is 16.7 Å². The zero-order chi connectivity index (χ0) is 19.6. The van der Waals surface area contributed by atoms with E-state index in [0.717, 1.165) is 32.1 Å². The molecule has 0 aromatic heterocycles. The van der Waals surface area contributed by atoms with Crippen LogP contribution in [0.25, 0.3) is 0 Å². The predicted molar refractivity (Wildman–Crippen MR) is 115 cm³/mol. The number of nitriles is 1. The summed E-state index contributed by atoms with van der Waals surface area (Å²) in [5.74, 6) is 0. The molecular weight excluding hydrogens is 350 g/mol. The zero-order valence-electron chi connectivity index (χ0n) is 16.6. The first-order valence-electron chi connectivity index (χ1n) is 10.7. The fourth-order valence-corrected chi connectivity index (χ4v) is 7.83. The maximum atomic E-state index is 10.4. The molecule has 4 aliphatic carbocycles. The highest BCUT2D eigenvalue weighted by Crippen LogP contribution is 2.80. The molecule has 7 rings (SSSR count). The highest BCUT2D eigenvalue weighted by atomic mass is 14.8. The smallest absolute Gasteiger partial charge is 0.0690 e. The van der Waals surface area contributed by atoms with Crippen molar-refractivity contribution < 1.29 is 0 Å². The van der Waals surface area contributed by atoms with Gasteiger partial charge in [0.05, 0.1) is 11.5 Å². The molecule has 2 unspecified atom stereocenters. The van der Waals surface area contributed by atoms with E-state index in [-0.39, 0.29) is 21.7 Å². The fourth-order valence-electron chi connectivity index (χ4n) is 7.83. The molecule has 0 aliphatic heterocycles. The summed E-state index contributed by atoms with van der Waals surface area (Å²) in [6, 6.07) is 36.1. The van der Waals surface area contributed by atoms with Crippen molar-refractivity contribution in [2.24, 2.45) is 5.41 Å². The van der Waals surface area contributed by atoms with Gasteiger partial charge in [0, 0.05) is 10.8 Å². The Labute approximate surface area is 173 Å². The van der Waals surface area contributed by atoms with Crippen LogP contribution in [0.2, 0.25) is 0 Å². The van der Waals surface area contributed by atoms with Crippen molar-refractivity contribution in [2.75, 3.05) is 0 Å². The topological polar surface area (TPSA) is 23.8 Å². The van der Waals surface area contributed by atoms with E-state index in [1.807, 2.05) is 0 Å². The molecule has 1 nitrogen and oxygen atoms in total. The molecule has 4 bridgehead atoms. The first kappa shape index (κ1) is 17.0.